The molecule has 7 nitrogen and oxygen atoms in total. The van der Waals surface area contributed by atoms with Crippen LogP contribution in [-0.4, -0.2) is 33.3 Å². The number of amides is 1. The number of nitrogens with zero attached hydrogens (tertiary/aromatic N) is 2. The Balaban J connectivity index is 1.57. The minimum atomic E-state index is -3.71. The Labute approximate surface area is 198 Å². The first-order valence-corrected chi connectivity index (χ1v) is 12.3. The van der Waals surface area contributed by atoms with Crippen LogP contribution in [0.15, 0.2) is 77.9 Å². The van der Waals surface area contributed by atoms with Gasteiger partial charge in [-0.3, -0.25) is 9.10 Å². The molecule has 0 spiro atoms. The van der Waals surface area contributed by atoms with Crippen molar-refractivity contribution in [2.75, 3.05) is 17.1 Å². The van der Waals surface area contributed by atoms with Crippen LogP contribution in [0.3, 0.4) is 0 Å². The average molecular weight is 486 g/mol. The number of anilines is 1. The number of carbonyl (C=O) groups is 1. The van der Waals surface area contributed by atoms with Crippen LogP contribution < -0.4 is 14.5 Å². The Bertz CT molecular complexity index is 1230. The van der Waals surface area contributed by atoms with Crippen molar-refractivity contribution in [3.8, 4) is 5.75 Å². The standard InChI is InChI=1S/C24H24ClN3O4S/c1-18-22(25)9-6-10-23(18)28(33(2,30)31)16-24(29)27-26-15-19-11-13-21(14-12-19)32-17-20-7-4-3-5-8-20/h3-15H,16-17H2,1-2H3,(H,27,29)/b26-15-. The maximum atomic E-state index is 12.3. The van der Waals surface area contributed by atoms with Gasteiger partial charge >= 0.3 is 0 Å². The van der Waals surface area contributed by atoms with Gasteiger partial charge < -0.3 is 4.74 Å². The van der Waals surface area contributed by atoms with Crippen molar-refractivity contribution in [1.29, 1.82) is 0 Å². The van der Waals surface area contributed by atoms with E-state index in [-0.39, 0.29) is 0 Å². The van der Waals surface area contributed by atoms with Gasteiger partial charge in [0.25, 0.3) is 5.91 Å². The lowest BCUT2D eigenvalue weighted by atomic mass is 10.2. The first kappa shape index (κ1) is 24.3. The summed E-state index contributed by atoms with van der Waals surface area (Å²) in [6, 6.07) is 21.9. The molecule has 33 heavy (non-hydrogen) atoms. The van der Waals surface area contributed by atoms with Crippen LogP contribution in [0.5, 0.6) is 5.75 Å². The molecule has 0 saturated heterocycles. The molecule has 0 atom stereocenters. The van der Waals surface area contributed by atoms with Crippen LogP contribution in [0.2, 0.25) is 5.02 Å². The number of hydrogen-bond acceptors (Lipinski definition) is 5. The first-order valence-electron chi connectivity index (χ1n) is 10.1. The smallest absolute Gasteiger partial charge is 0.260 e. The lowest BCUT2D eigenvalue weighted by Gasteiger charge is -2.23. The summed E-state index contributed by atoms with van der Waals surface area (Å²) in [5.74, 6) is 0.125. The molecule has 1 N–H and O–H groups in total. The Morgan fingerprint density at radius 2 is 1.76 bits per heavy atom. The number of rotatable bonds is 9. The highest BCUT2D eigenvalue weighted by Gasteiger charge is 2.22. The number of carbonyl (C=O) groups excluding carboxylic acids is 1. The van der Waals surface area contributed by atoms with Crippen LogP contribution in [0.1, 0.15) is 16.7 Å². The largest absolute Gasteiger partial charge is 0.489 e. The Morgan fingerprint density at radius 1 is 1.06 bits per heavy atom. The molecular formula is C24H24ClN3O4S. The van der Waals surface area contributed by atoms with Crippen molar-refractivity contribution < 1.29 is 17.9 Å². The quantitative estimate of drug-likeness (QED) is 0.364. The normalized spacial score (nSPS) is 11.4. The monoisotopic (exact) mass is 485 g/mol. The number of benzene rings is 3. The number of ether oxygens (including phenoxy) is 1. The molecular weight excluding hydrogens is 462 g/mol. The van der Waals surface area contributed by atoms with E-state index < -0.39 is 22.5 Å². The highest BCUT2D eigenvalue weighted by Crippen LogP contribution is 2.28. The van der Waals surface area contributed by atoms with Gasteiger partial charge in [-0.2, -0.15) is 5.10 Å². The average Bonchev–Trinajstić information content (AvgIpc) is 2.79. The number of halogens is 1. The zero-order valence-corrected chi connectivity index (χ0v) is 19.8. The summed E-state index contributed by atoms with van der Waals surface area (Å²) >= 11 is 6.10. The number of hydrazone groups is 1. The van der Waals surface area contributed by atoms with Crippen LogP contribution >= 0.6 is 11.6 Å². The predicted octanol–water partition coefficient (Wildman–Crippen LogP) is 4.14. The molecule has 0 radical (unpaired) electrons. The molecule has 0 bridgehead atoms. The van der Waals surface area contributed by atoms with Gasteiger partial charge in [-0.05, 0) is 60.0 Å². The van der Waals surface area contributed by atoms with Gasteiger partial charge in [0.1, 0.15) is 18.9 Å². The second-order valence-corrected chi connectivity index (χ2v) is 9.60. The maximum Gasteiger partial charge on any atom is 0.260 e. The highest BCUT2D eigenvalue weighted by atomic mass is 35.5. The number of sulfonamides is 1. The van der Waals surface area contributed by atoms with E-state index >= 15 is 0 Å². The van der Waals surface area contributed by atoms with E-state index in [4.69, 9.17) is 16.3 Å². The molecule has 0 unspecified atom stereocenters. The van der Waals surface area contributed by atoms with Crippen LogP contribution in [0.25, 0.3) is 0 Å². The third-order valence-electron chi connectivity index (χ3n) is 4.73. The molecule has 172 valence electrons. The predicted molar refractivity (Wildman–Crippen MR) is 131 cm³/mol. The molecule has 0 heterocycles. The zero-order valence-electron chi connectivity index (χ0n) is 18.2. The topological polar surface area (TPSA) is 88.1 Å². The van der Waals surface area contributed by atoms with Gasteiger partial charge in [-0.15, -0.1) is 0 Å². The molecule has 3 rings (SSSR count). The molecule has 0 aromatic heterocycles. The molecule has 0 aliphatic rings. The fraction of sp³-hybridized carbons (Fsp3) is 0.167. The van der Waals surface area contributed by atoms with E-state index in [9.17, 15) is 13.2 Å². The van der Waals surface area contributed by atoms with Gasteiger partial charge in [0.2, 0.25) is 10.0 Å². The lowest BCUT2D eigenvalue weighted by molar-refractivity contribution is -0.119. The van der Waals surface area contributed by atoms with Crippen LogP contribution in [0.4, 0.5) is 5.69 Å². The van der Waals surface area contributed by atoms with Crippen molar-refractivity contribution in [2.24, 2.45) is 5.10 Å². The fourth-order valence-corrected chi connectivity index (χ4v) is 4.06. The van der Waals surface area contributed by atoms with Gasteiger partial charge in [-0.1, -0.05) is 48.0 Å². The van der Waals surface area contributed by atoms with Gasteiger partial charge in [-0.25, -0.2) is 13.8 Å². The van der Waals surface area contributed by atoms with Gasteiger partial charge in [0.05, 0.1) is 18.2 Å². The Morgan fingerprint density at radius 3 is 2.42 bits per heavy atom. The van der Waals surface area contributed by atoms with E-state index in [1.807, 2.05) is 30.3 Å². The van der Waals surface area contributed by atoms with E-state index in [0.29, 0.717) is 28.6 Å². The summed E-state index contributed by atoms with van der Waals surface area (Å²) in [4.78, 5) is 12.3. The van der Waals surface area contributed by atoms with E-state index in [1.165, 1.54) is 6.21 Å². The van der Waals surface area contributed by atoms with Crippen molar-refractivity contribution in [3.63, 3.8) is 0 Å². The summed E-state index contributed by atoms with van der Waals surface area (Å²) in [5.41, 5.74) is 5.08. The molecule has 3 aromatic carbocycles. The first-order chi connectivity index (χ1) is 15.7. The van der Waals surface area contributed by atoms with Crippen LogP contribution in [-0.2, 0) is 21.4 Å². The van der Waals surface area contributed by atoms with Crippen molar-refractivity contribution in [1.82, 2.24) is 5.43 Å². The molecule has 1 amide bonds. The minimum absolute atomic E-state index is 0.343. The van der Waals surface area contributed by atoms with Gasteiger partial charge in [0.15, 0.2) is 0 Å². The molecule has 0 fully saturated rings. The van der Waals surface area contributed by atoms with Gasteiger partial charge in [0, 0.05) is 5.02 Å². The fourth-order valence-electron chi connectivity index (χ4n) is 2.98. The molecule has 0 aliphatic heterocycles. The molecule has 0 aliphatic carbocycles. The summed E-state index contributed by atoms with van der Waals surface area (Å²) in [5, 5.41) is 4.33. The molecule has 9 heteroatoms. The third-order valence-corrected chi connectivity index (χ3v) is 6.26. The van der Waals surface area contributed by atoms with E-state index in [2.05, 4.69) is 10.5 Å². The SMILES string of the molecule is Cc1c(Cl)cccc1N(CC(=O)N/N=C\c1ccc(OCc2ccccc2)cc1)S(C)(=O)=O. The lowest BCUT2D eigenvalue weighted by Crippen LogP contribution is -2.39. The number of hydrogen-bond donors (Lipinski definition) is 1. The zero-order chi connectivity index (χ0) is 23.8. The summed E-state index contributed by atoms with van der Waals surface area (Å²) in [6.45, 7) is 1.73. The second kappa shape index (κ2) is 11.0. The van der Waals surface area contributed by atoms with E-state index in [1.54, 1.807) is 49.4 Å². The second-order valence-electron chi connectivity index (χ2n) is 7.29. The highest BCUT2D eigenvalue weighted by molar-refractivity contribution is 7.92. The number of nitrogens with one attached hydrogen (secondary N) is 1. The van der Waals surface area contributed by atoms with Crippen molar-refractivity contribution in [3.05, 3.63) is 94.5 Å². The van der Waals surface area contributed by atoms with E-state index in [0.717, 1.165) is 21.7 Å². The molecule has 0 saturated carbocycles. The summed E-state index contributed by atoms with van der Waals surface area (Å²) < 4.78 is 31.2. The third kappa shape index (κ3) is 7.06. The summed E-state index contributed by atoms with van der Waals surface area (Å²) in [7, 11) is -3.71. The van der Waals surface area contributed by atoms with Crippen molar-refractivity contribution >= 4 is 39.4 Å². The maximum absolute atomic E-state index is 12.3. The Hall–Kier alpha value is -3.36. The Kier molecular flexibility index (Phi) is 8.08. The molecule has 3 aromatic rings. The summed E-state index contributed by atoms with van der Waals surface area (Å²) in [6.07, 6.45) is 2.50. The van der Waals surface area contributed by atoms with Crippen molar-refractivity contribution in [2.45, 2.75) is 13.5 Å². The van der Waals surface area contributed by atoms with Crippen LogP contribution in [0, 0.1) is 6.92 Å². The minimum Gasteiger partial charge on any atom is -0.489 e.